The summed E-state index contributed by atoms with van der Waals surface area (Å²) in [5.74, 6) is -3.89. The Kier molecular flexibility index (Phi) is 15.6. The monoisotopic (exact) mass is 855 g/mol. The molecule has 0 aliphatic rings. The number of amides is 2. The summed E-state index contributed by atoms with van der Waals surface area (Å²) < 4.78 is 2.76. The molecular weight excluding hydrogens is 799 g/mol. The van der Waals surface area contributed by atoms with E-state index in [0.29, 0.717) is 48.5 Å². The molecule has 15 heteroatoms. The SMILES string of the molecule is Cc1c(-c2ccccc2)n(CC(=O)[C@H](C)NC(=O)[C@H](CC(=O)[C@@H](N)Cc2cnc[nH]2)Cc2c[nH]c3ccccc23)c(=O)n1[C@@H](Cc1ccccc1)C(=O)C[C@@H](CCCCN)C(N)=O. The van der Waals surface area contributed by atoms with E-state index >= 15 is 0 Å². The van der Waals surface area contributed by atoms with Crippen LogP contribution >= 0.6 is 0 Å². The van der Waals surface area contributed by atoms with Gasteiger partial charge in [-0.1, -0.05) is 85.3 Å². The first-order chi connectivity index (χ1) is 30.4. The molecule has 0 unspecified atom stereocenters. The highest BCUT2D eigenvalue weighted by atomic mass is 16.2. The molecule has 2 amide bonds. The number of aromatic amines is 2. The van der Waals surface area contributed by atoms with E-state index in [1.807, 2.05) is 91.1 Å². The Hall–Kier alpha value is -6.71. The highest BCUT2D eigenvalue weighted by molar-refractivity contribution is 5.94. The van der Waals surface area contributed by atoms with Crippen LogP contribution in [0.15, 0.2) is 108 Å². The van der Waals surface area contributed by atoms with E-state index in [2.05, 4.69) is 20.3 Å². The van der Waals surface area contributed by atoms with Gasteiger partial charge in [0.05, 0.1) is 30.6 Å². The van der Waals surface area contributed by atoms with Crippen LogP contribution in [0.3, 0.4) is 0 Å². The number of aromatic nitrogens is 5. The van der Waals surface area contributed by atoms with Crippen LogP contribution in [-0.2, 0) is 49.8 Å². The van der Waals surface area contributed by atoms with Crippen molar-refractivity contribution >= 4 is 40.1 Å². The van der Waals surface area contributed by atoms with Crippen molar-refractivity contribution in [3.63, 3.8) is 0 Å². The van der Waals surface area contributed by atoms with Gasteiger partial charge in [-0.2, -0.15) is 0 Å². The fourth-order valence-corrected chi connectivity index (χ4v) is 8.27. The Morgan fingerprint density at radius 2 is 1.49 bits per heavy atom. The number of carbonyl (C=O) groups is 5. The van der Waals surface area contributed by atoms with Crippen molar-refractivity contribution in [2.45, 2.75) is 89.9 Å². The smallest absolute Gasteiger partial charge is 0.329 e. The highest BCUT2D eigenvalue weighted by Crippen LogP contribution is 2.29. The van der Waals surface area contributed by atoms with Gasteiger partial charge in [-0.3, -0.25) is 33.1 Å². The van der Waals surface area contributed by atoms with Crippen LogP contribution in [0.5, 0.6) is 0 Å². The number of nitrogens with two attached hydrogens (primary N) is 3. The predicted molar refractivity (Wildman–Crippen MR) is 241 cm³/mol. The molecule has 9 N–H and O–H groups in total. The summed E-state index contributed by atoms with van der Waals surface area (Å²) in [7, 11) is 0. The lowest BCUT2D eigenvalue weighted by atomic mass is 9.90. The van der Waals surface area contributed by atoms with Crippen LogP contribution in [0.4, 0.5) is 0 Å². The number of hydrogen-bond donors (Lipinski definition) is 6. The van der Waals surface area contributed by atoms with Gasteiger partial charge < -0.3 is 32.5 Å². The molecule has 0 aliphatic carbocycles. The molecule has 0 radical (unpaired) electrons. The number of fused-ring (bicyclic) bond motifs is 1. The van der Waals surface area contributed by atoms with Crippen LogP contribution in [-0.4, -0.2) is 71.9 Å². The number of imidazole rings is 2. The van der Waals surface area contributed by atoms with E-state index in [1.165, 1.54) is 15.5 Å². The van der Waals surface area contributed by atoms with Crippen molar-refractivity contribution in [2.75, 3.05) is 6.54 Å². The van der Waals surface area contributed by atoms with E-state index in [-0.39, 0.29) is 43.7 Å². The minimum Gasteiger partial charge on any atom is -0.369 e. The second kappa shape index (κ2) is 21.4. The molecule has 15 nitrogen and oxygen atoms in total. The number of H-pyrrole nitrogens is 2. The van der Waals surface area contributed by atoms with Crippen LogP contribution in [0, 0.1) is 18.8 Å². The summed E-state index contributed by atoms with van der Waals surface area (Å²) in [6.45, 7) is 3.28. The molecule has 0 saturated heterocycles. The maximum atomic E-state index is 14.8. The van der Waals surface area contributed by atoms with Gasteiger partial charge in [0.2, 0.25) is 11.8 Å². The number of nitrogens with zero attached hydrogens (tertiary/aromatic N) is 3. The predicted octanol–water partition coefficient (Wildman–Crippen LogP) is 4.27. The molecule has 63 heavy (non-hydrogen) atoms. The van der Waals surface area contributed by atoms with Crippen molar-refractivity contribution < 1.29 is 24.0 Å². The van der Waals surface area contributed by atoms with Crippen molar-refractivity contribution in [1.82, 2.24) is 29.4 Å². The quantitative estimate of drug-likeness (QED) is 0.0476. The van der Waals surface area contributed by atoms with Crippen molar-refractivity contribution in [3.05, 3.63) is 137 Å². The Bertz CT molecular complexity index is 2560. The zero-order valence-corrected chi connectivity index (χ0v) is 35.8. The van der Waals surface area contributed by atoms with Gasteiger partial charge in [0.25, 0.3) is 0 Å². The fourth-order valence-electron chi connectivity index (χ4n) is 8.27. The average Bonchev–Trinajstić information content (AvgIpc) is 4.01. The van der Waals surface area contributed by atoms with E-state index < -0.39 is 59.8 Å². The Morgan fingerprint density at radius 1 is 0.810 bits per heavy atom. The van der Waals surface area contributed by atoms with Gasteiger partial charge >= 0.3 is 5.69 Å². The molecule has 6 rings (SSSR count). The van der Waals surface area contributed by atoms with E-state index in [9.17, 15) is 28.8 Å². The number of nitrogens with one attached hydrogen (secondary N) is 3. The number of rotatable bonds is 24. The number of ketones is 3. The lowest BCUT2D eigenvalue weighted by Crippen LogP contribution is -2.46. The van der Waals surface area contributed by atoms with Crippen LogP contribution in [0.1, 0.15) is 67.6 Å². The largest absolute Gasteiger partial charge is 0.369 e. The molecule has 330 valence electrons. The average molecular weight is 856 g/mol. The summed E-state index contributed by atoms with van der Waals surface area (Å²) in [6, 6.07) is 23.0. The summed E-state index contributed by atoms with van der Waals surface area (Å²) in [6.07, 6.45) is 6.77. The normalized spacial score (nSPS) is 13.8. The van der Waals surface area contributed by atoms with Crippen LogP contribution in [0.2, 0.25) is 0 Å². The van der Waals surface area contributed by atoms with Gasteiger partial charge in [0.15, 0.2) is 17.3 Å². The minimum absolute atomic E-state index is 0.148. The third-order valence-corrected chi connectivity index (χ3v) is 11.8. The summed E-state index contributed by atoms with van der Waals surface area (Å²) in [5, 5.41) is 3.75. The lowest BCUT2D eigenvalue weighted by molar-refractivity contribution is -0.132. The first-order valence-electron chi connectivity index (χ1n) is 21.4. The van der Waals surface area contributed by atoms with Gasteiger partial charge in [0.1, 0.15) is 6.04 Å². The molecule has 0 saturated carbocycles. The van der Waals surface area contributed by atoms with Crippen LogP contribution < -0.4 is 28.2 Å². The van der Waals surface area contributed by atoms with Crippen molar-refractivity contribution in [1.29, 1.82) is 0 Å². The summed E-state index contributed by atoms with van der Waals surface area (Å²) in [5.41, 5.74) is 21.9. The number of para-hydroxylation sites is 1. The molecule has 0 fully saturated rings. The lowest BCUT2D eigenvalue weighted by Gasteiger charge is -2.21. The van der Waals surface area contributed by atoms with Gasteiger partial charge in [0, 0.05) is 77.8 Å². The van der Waals surface area contributed by atoms with E-state index in [4.69, 9.17) is 17.2 Å². The number of hydrogen-bond acceptors (Lipinski definition) is 9. The van der Waals surface area contributed by atoms with Crippen LogP contribution in [0.25, 0.3) is 22.2 Å². The summed E-state index contributed by atoms with van der Waals surface area (Å²) >= 11 is 0. The summed E-state index contributed by atoms with van der Waals surface area (Å²) in [4.78, 5) is 93.9. The fraction of sp³-hybridized carbons (Fsp3) is 0.354. The third-order valence-electron chi connectivity index (χ3n) is 11.8. The molecule has 0 bridgehead atoms. The second-order valence-electron chi connectivity index (χ2n) is 16.3. The second-order valence-corrected chi connectivity index (χ2v) is 16.3. The van der Waals surface area contributed by atoms with E-state index in [0.717, 1.165) is 22.0 Å². The molecule has 3 aromatic carbocycles. The number of carbonyl (C=O) groups excluding carboxylic acids is 5. The minimum atomic E-state index is -1.08. The molecular formula is C48H57N9O6. The number of Topliss-reactive ketones (excluding diaryl/α,β-unsaturated/α-hetero) is 3. The molecule has 0 spiro atoms. The first kappa shape index (κ1) is 45.8. The Labute approximate surface area is 365 Å². The molecule has 5 atom stereocenters. The molecule has 0 aliphatic heterocycles. The van der Waals surface area contributed by atoms with E-state index in [1.54, 1.807) is 20.0 Å². The van der Waals surface area contributed by atoms with Gasteiger partial charge in [-0.05, 0) is 56.8 Å². The first-order valence-corrected chi connectivity index (χ1v) is 21.4. The Morgan fingerprint density at radius 3 is 2.17 bits per heavy atom. The zero-order chi connectivity index (χ0) is 45.0. The maximum Gasteiger partial charge on any atom is 0.329 e. The highest BCUT2D eigenvalue weighted by Gasteiger charge is 2.33. The molecule has 3 heterocycles. The number of unbranched alkanes of at least 4 members (excludes halogenated alkanes) is 1. The number of benzene rings is 3. The van der Waals surface area contributed by atoms with Crippen molar-refractivity contribution in [2.24, 2.45) is 29.0 Å². The standard InChI is InChI=1S/C48H57N9O6/c1-30(55-47(62)35(22-36-26-53-40-19-10-9-18-38(36)40)24-42(58)39(50)25-37-27-52-29-54-37)44(60)28-56-45(33-15-7-4-8-16-33)31(2)57(48(56)63)41(21-32-13-5-3-6-14-32)43(59)23-34(46(51)61)17-11-12-20-49/h3-10,13-16,18-19,26-27,29-30,34-35,39,41,53H,11-12,17,20-25,28,49-50H2,1-2H3,(H2,51,61)(H,52,54)(H,55,62)/t30-,34+,35-,39-,41-/m0/s1. The molecule has 3 aromatic heterocycles. The number of primary amides is 1. The zero-order valence-electron chi connectivity index (χ0n) is 35.8. The van der Waals surface area contributed by atoms with Gasteiger partial charge in [-0.15, -0.1) is 0 Å². The molecule has 6 aromatic rings. The third kappa shape index (κ3) is 11.4. The van der Waals surface area contributed by atoms with Gasteiger partial charge in [-0.25, -0.2) is 9.78 Å². The Balaban J connectivity index is 1.29. The topological polar surface area (TPSA) is 247 Å². The van der Waals surface area contributed by atoms with Crippen molar-refractivity contribution in [3.8, 4) is 11.3 Å². The maximum absolute atomic E-state index is 14.8.